The minimum atomic E-state index is 0.186. The number of aromatic nitrogens is 2. The highest BCUT2D eigenvalue weighted by molar-refractivity contribution is 9.10. The second-order valence-corrected chi connectivity index (χ2v) is 3.99. The standard InChI is InChI=1S/C9H14BrN3/c1-2-3-8(11)4-9-12-5-7(10)6-13-9/h5-6,8H,2-4,11H2,1H3. The fraction of sp³-hybridized carbons (Fsp3) is 0.556. The molecule has 0 aromatic carbocycles. The Hall–Kier alpha value is -0.480. The highest BCUT2D eigenvalue weighted by Crippen LogP contribution is 2.06. The predicted octanol–water partition coefficient (Wildman–Crippen LogP) is 1.91. The Morgan fingerprint density at radius 3 is 2.62 bits per heavy atom. The van der Waals surface area contributed by atoms with E-state index in [1.165, 1.54) is 0 Å². The van der Waals surface area contributed by atoms with Gasteiger partial charge in [-0.3, -0.25) is 0 Å². The van der Waals surface area contributed by atoms with Gasteiger partial charge >= 0.3 is 0 Å². The Morgan fingerprint density at radius 1 is 1.46 bits per heavy atom. The normalized spacial score (nSPS) is 12.8. The van der Waals surface area contributed by atoms with Crippen LogP contribution in [0.2, 0.25) is 0 Å². The molecule has 0 bridgehead atoms. The molecule has 0 amide bonds. The van der Waals surface area contributed by atoms with Crippen LogP contribution in [-0.2, 0) is 6.42 Å². The van der Waals surface area contributed by atoms with Crippen LogP contribution in [0.3, 0.4) is 0 Å². The molecular weight excluding hydrogens is 230 g/mol. The van der Waals surface area contributed by atoms with E-state index in [0.717, 1.165) is 29.6 Å². The maximum absolute atomic E-state index is 5.86. The zero-order valence-electron chi connectivity index (χ0n) is 7.70. The molecule has 1 aromatic heterocycles. The lowest BCUT2D eigenvalue weighted by Gasteiger charge is -2.07. The second kappa shape index (κ2) is 5.29. The third-order valence-electron chi connectivity index (χ3n) is 1.78. The van der Waals surface area contributed by atoms with Crippen molar-refractivity contribution < 1.29 is 0 Å². The first kappa shape index (κ1) is 10.6. The van der Waals surface area contributed by atoms with Crippen LogP contribution in [0.15, 0.2) is 16.9 Å². The zero-order valence-corrected chi connectivity index (χ0v) is 9.29. The molecule has 1 aromatic rings. The number of hydrogen-bond acceptors (Lipinski definition) is 3. The molecule has 0 fully saturated rings. The average molecular weight is 244 g/mol. The molecule has 0 aliphatic carbocycles. The minimum absolute atomic E-state index is 0.186. The monoisotopic (exact) mass is 243 g/mol. The van der Waals surface area contributed by atoms with E-state index in [0.29, 0.717) is 0 Å². The van der Waals surface area contributed by atoms with Gasteiger partial charge in [0.25, 0.3) is 0 Å². The molecule has 1 rings (SSSR count). The van der Waals surface area contributed by atoms with E-state index in [2.05, 4.69) is 32.8 Å². The molecule has 0 aliphatic heterocycles. The molecule has 0 spiro atoms. The summed E-state index contributed by atoms with van der Waals surface area (Å²) in [5.41, 5.74) is 5.86. The molecule has 0 saturated carbocycles. The Kier molecular flexibility index (Phi) is 4.32. The predicted molar refractivity (Wildman–Crippen MR) is 56.3 cm³/mol. The molecule has 0 aliphatic rings. The molecule has 1 unspecified atom stereocenters. The smallest absolute Gasteiger partial charge is 0.129 e. The van der Waals surface area contributed by atoms with Crippen molar-refractivity contribution in [3.05, 3.63) is 22.7 Å². The van der Waals surface area contributed by atoms with Crippen LogP contribution < -0.4 is 5.73 Å². The SMILES string of the molecule is CCCC(N)Cc1ncc(Br)cn1. The van der Waals surface area contributed by atoms with Crippen molar-refractivity contribution in [3.8, 4) is 0 Å². The van der Waals surface area contributed by atoms with Crippen molar-refractivity contribution in [2.24, 2.45) is 5.73 Å². The summed E-state index contributed by atoms with van der Waals surface area (Å²) in [7, 11) is 0. The van der Waals surface area contributed by atoms with Crippen LogP contribution >= 0.6 is 15.9 Å². The maximum atomic E-state index is 5.86. The van der Waals surface area contributed by atoms with E-state index in [4.69, 9.17) is 5.73 Å². The number of nitrogens with zero attached hydrogens (tertiary/aromatic N) is 2. The van der Waals surface area contributed by atoms with E-state index in [1.54, 1.807) is 12.4 Å². The van der Waals surface area contributed by atoms with Crippen molar-refractivity contribution in [3.63, 3.8) is 0 Å². The van der Waals surface area contributed by atoms with Crippen molar-refractivity contribution in [1.29, 1.82) is 0 Å². The Bertz CT molecular complexity index is 248. The van der Waals surface area contributed by atoms with Crippen LogP contribution in [0.4, 0.5) is 0 Å². The maximum Gasteiger partial charge on any atom is 0.129 e. The summed E-state index contributed by atoms with van der Waals surface area (Å²) >= 11 is 3.29. The van der Waals surface area contributed by atoms with Gasteiger partial charge in [-0.1, -0.05) is 13.3 Å². The van der Waals surface area contributed by atoms with Crippen LogP contribution in [-0.4, -0.2) is 16.0 Å². The quantitative estimate of drug-likeness (QED) is 0.880. The minimum Gasteiger partial charge on any atom is -0.327 e. The van der Waals surface area contributed by atoms with E-state index in [9.17, 15) is 0 Å². The van der Waals surface area contributed by atoms with Crippen LogP contribution in [0.1, 0.15) is 25.6 Å². The molecule has 0 saturated heterocycles. The van der Waals surface area contributed by atoms with Crippen molar-refractivity contribution in [2.45, 2.75) is 32.2 Å². The van der Waals surface area contributed by atoms with Crippen LogP contribution in [0, 0.1) is 0 Å². The van der Waals surface area contributed by atoms with E-state index < -0.39 is 0 Å². The summed E-state index contributed by atoms with van der Waals surface area (Å²) in [6.07, 6.45) is 6.40. The summed E-state index contributed by atoms with van der Waals surface area (Å²) in [5.74, 6) is 0.823. The molecule has 13 heavy (non-hydrogen) atoms. The zero-order chi connectivity index (χ0) is 9.68. The molecule has 3 nitrogen and oxygen atoms in total. The van der Waals surface area contributed by atoms with E-state index in [1.807, 2.05) is 0 Å². The van der Waals surface area contributed by atoms with Gasteiger partial charge in [0, 0.05) is 24.9 Å². The molecule has 0 radical (unpaired) electrons. The summed E-state index contributed by atoms with van der Waals surface area (Å²) in [6, 6.07) is 0.186. The van der Waals surface area contributed by atoms with Crippen LogP contribution in [0.25, 0.3) is 0 Å². The van der Waals surface area contributed by atoms with Gasteiger partial charge in [-0.2, -0.15) is 0 Å². The van der Waals surface area contributed by atoms with Gasteiger partial charge in [-0.05, 0) is 22.4 Å². The third-order valence-corrected chi connectivity index (χ3v) is 2.19. The van der Waals surface area contributed by atoms with Crippen molar-refractivity contribution in [1.82, 2.24) is 9.97 Å². The lowest BCUT2D eigenvalue weighted by atomic mass is 10.1. The van der Waals surface area contributed by atoms with Gasteiger partial charge in [-0.15, -0.1) is 0 Å². The highest BCUT2D eigenvalue weighted by Gasteiger charge is 2.04. The molecule has 1 atom stereocenters. The van der Waals surface area contributed by atoms with Gasteiger partial charge in [0.2, 0.25) is 0 Å². The van der Waals surface area contributed by atoms with E-state index >= 15 is 0 Å². The number of halogens is 1. The lowest BCUT2D eigenvalue weighted by molar-refractivity contribution is 0.584. The molecule has 72 valence electrons. The van der Waals surface area contributed by atoms with Gasteiger partial charge < -0.3 is 5.73 Å². The number of nitrogens with two attached hydrogens (primary N) is 1. The van der Waals surface area contributed by atoms with Gasteiger partial charge in [-0.25, -0.2) is 9.97 Å². The number of hydrogen-bond donors (Lipinski definition) is 1. The largest absolute Gasteiger partial charge is 0.327 e. The second-order valence-electron chi connectivity index (χ2n) is 3.07. The van der Waals surface area contributed by atoms with Gasteiger partial charge in [0.1, 0.15) is 5.82 Å². The lowest BCUT2D eigenvalue weighted by Crippen LogP contribution is -2.23. The first-order valence-corrected chi connectivity index (χ1v) is 5.23. The molecule has 2 N–H and O–H groups in total. The summed E-state index contributed by atoms with van der Waals surface area (Å²) in [5, 5.41) is 0. The van der Waals surface area contributed by atoms with Crippen LogP contribution in [0.5, 0.6) is 0 Å². The van der Waals surface area contributed by atoms with Gasteiger partial charge in [0.05, 0.1) is 4.47 Å². The van der Waals surface area contributed by atoms with E-state index in [-0.39, 0.29) is 6.04 Å². The Balaban J connectivity index is 2.49. The molecular formula is C9H14BrN3. The fourth-order valence-corrected chi connectivity index (χ4v) is 1.36. The topological polar surface area (TPSA) is 51.8 Å². The Labute approximate surface area is 86.9 Å². The van der Waals surface area contributed by atoms with Gasteiger partial charge in [0.15, 0.2) is 0 Å². The molecule has 4 heteroatoms. The van der Waals surface area contributed by atoms with Crippen molar-refractivity contribution in [2.75, 3.05) is 0 Å². The third kappa shape index (κ3) is 3.83. The first-order valence-electron chi connectivity index (χ1n) is 4.44. The molecule has 1 heterocycles. The Morgan fingerprint density at radius 2 is 2.08 bits per heavy atom. The highest BCUT2D eigenvalue weighted by atomic mass is 79.9. The first-order chi connectivity index (χ1) is 6.22. The number of rotatable bonds is 4. The summed E-state index contributed by atoms with van der Waals surface area (Å²) in [4.78, 5) is 8.33. The van der Waals surface area contributed by atoms with Crippen molar-refractivity contribution >= 4 is 15.9 Å². The fourth-order valence-electron chi connectivity index (χ4n) is 1.15. The average Bonchev–Trinajstić information content (AvgIpc) is 2.09. The summed E-state index contributed by atoms with van der Waals surface area (Å²) < 4.78 is 0.903. The summed E-state index contributed by atoms with van der Waals surface area (Å²) in [6.45, 7) is 2.13.